The number of pyridine rings is 1. The van der Waals surface area contributed by atoms with Crippen molar-refractivity contribution in [3.63, 3.8) is 0 Å². The lowest BCUT2D eigenvalue weighted by molar-refractivity contribution is 0.0518. The van der Waals surface area contributed by atoms with E-state index < -0.39 is 18.0 Å². The molecule has 0 aliphatic rings. The number of rotatable bonds is 4. The summed E-state index contributed by atoms with van der Waals surface area (Å²) in [5.41, 5.74) is 4.63. The van der Waals surface area contributed by atoms with Crippen LogP contribution in [-0.4, -0.2) is 17.6 Å². The van der Waals surface area contributed by atoms with E-state index in [4.69, 9.17) is 22.1 Å². The Morgan fingerprint density at radius 1 is 1.65 bits per heavy atom. The van der Waals surface area contributed by atoms with E-state index in [1.165, 1.54) is 0 Å². The van der Waals surface area contributed by atoms with E-state index in [0.29, 0.717) is 0 Å². The predicted molar refractivity (Wildman–Crippen MR) is 58.1 cm³/mol. The van der Waals surface area contributed by atoms with Gasteiger partial charge in [0.15, 0.2) is 0 Å². The van der Waals surface area contributed by atoms with Crippen LogP contribution in [-0.2, 0) is 11.3 Å². The number of alkyl halides is 2. The molecule has 1 heterocycles. The molecule has 1 aromatic heterocycles. The molecule has 1 aromatic rings. The molecule has 4 nitrogen and oxygen atoms in total. The molecule has 0 amide bonds. The zero-order chi connectivity index (χ0) is 13.0. The van der Waals surface area contributed by atoms with Crippen LogP contribution in [0.4, 0.5) is 8.78 Å². The molecular weight excluding hydrogens is 254 g/mol. The number of esters is 1. The number of nitrogens with zero attached hydrogens (tertiary/aromatic N) is 1. The third-order valence-electron chi connectivity index (χ3n) is 1.98. The van der Waals surface area contributed by atoms with Gasteiger partial charge in [-0.25, -0.2) is 18.6 Å². The van der Waals surface area contributed by atoms with Gasteiger partial charge < -0.3 is 10.5 Å². The molecule has 0 atom stereocenters. The number of carbonyl (C=O) groups is 1. The third-order valence-corrected chi connectivity index (χ3v) is 2.30. The first-order valence-electron chi connectivity index (χ1n) is 4.85. The lowest BCUT2D eigenvalue weighted by atomic mass is 10.1. The monoisotopic (exact) mass is 264 g/mol. The normalized spacial score (nSPS) is 10.7. The highest BCUT2D eigenvalue weighted by Crippen LogP contribution is 2.30. The van der Waals surface area contributed by atoms with Crippen LogP contribution in [0.15, 0.2) is 6.07 Å². The molecule has 0 aromatic carbocycles. The summed E-state index contributed by atoms with van der Waals surface area (Å²) in [5.74, 6) is -0.718. The van der Waals surface area contributed by atoms with E-state index in [0.717, 1.165) is 6.07 Å². The molecular formula is C10H11ClF2N2O2. The topological polar surface area (TPSA) is 65.2 Å². The minimum Gasteiger partial charge on any atom is -0.461 e. The number of ether oxygens (including phenoxy) is 1. The average molecular weight is 265 g/mol. The number of carbonyl (C=O) groups excluding carboxylic acids is 1. The molecule has 0 saturated carbocycles. The maximum atomic E-state index is 12.7. The summed E-state index contributed by atoms with van der Waals surface area (Å²) in [4.78, 5) is 15.1. The van der Waals surface area contributed by atoms with Crippen molar-refractivity contribution in [1.29, 1.82) is 0 Å². The van der Waals surface area contributed by atoms with Crippen molar-refractivity contribution < 1.29 is 18.3 Å². The van der Waals surface area contributed by atoms with Gasteiger partial charge in [-0.3, -0.25) is 0 Å². The molecule has 7 heteroatoms. The van der Waals surface area contributed by atoms with Gasteiger partial charge in [0.1, 0.15) is 5.69 Å². The summed E-state index contributed by atoms with van der Waals surface area (Å²) in [6, 6.07) is 1.06. The van der Waals surface area contributed by atoms with Crippen LogP contribution in [0.1, 0.15) is 35.1 Å². The van der Waals surface area contributed by atoms with Gasteiger partial charge in [-0.05, 0) is 13.0 Å². The maximum absolute atomic E-state index is 12.7. The zero-order valence-corrected chi connectivity index (χ0v) is 9.80. The molecule has 0 spiro atoms. The van der Waals surface area contributed by atoms with Gasteiger partial charge in [0.05, 0.1) is 22.9 Å². The molecule has 0 aliphatic heterocycles. The summed E-state index contributed by atoms with van der Waals surface area (Å²) < 4.78 is 30.0. The number of aromatic nitrogens is 1. The van der Waals surface area contributed by atoms with Gasteiger partial charge in [0.2, 0.25) is 0 Å². The number of hydrogen-bond donors (Lipinski definition) is 1. The van der Waals surface area contributed by atoms with Crippen LogP contribution in [0.5, 0.6) is 0 Å². The third kappa shape index (κ3) is 3.10. The fourth-order valence-electron chi connectivity index (χ4n) is 1.27. The summed E-state index contributed by atoms with van der Waals surface area (Å²) in [6.45, 7) is 1.55. The van der Waals surface area contributed by atoms with E-state index >= 15 is 0 Å². The second-order valence-corrected chi connectivity index (χ2v) is 3.48. The van der Waals surface area contributed by atoms with Gasteiger partial charge in [0.25, 0.3) is 6.43 Å². The fraction of sp³-hybridized carbons (Fsp3) is 0.400. The molecule has 2 N–H and O–H groups in total. The Morgan fingerprint density at radius 3 is 2.76 bits per heavy atom. The van der Waals surface area contributed by atoms with E-state index in [-0.39, 0.29) is 29.6 Å². The van der Waals surface area contributed by atoms with Gasteiger partial charge in [0, 0.05) is 6.54 Å². The van der Waals surface area contributed by atoms with E-state index in [1.54, 1.807) is 6.92 Å². The average Bonchev–Trinajstić information content (AvgIpc) is 2.27. The number of hydrogen-bond acceptors (Lipinski definition) is 4. The highest BCUT2D eigenvalue weighted by atomic mass is 35.5. The van der Waals surface area contributed by atoms with Crippen LogP contribution in [0.25, 0.3) is 0 Å². The quantitative estimate of drug-likeness (QED) is 0.848. The summed E-state index contributed by atoms with van der Waals surface area (Å²) in [6.07, 6.45) is -2.79. The molecule has 0 aliphatic carbocycles. The molecule has 17 heavy (non-hydrogen) atoms. The highest BCUT2D eigenvalue weighted by molar-refractivity contribution is 6.31. The van der Waals surface area contributed by atoms with E-state index in [2.05, 4.69) is 4.98 Å². The lowest BCUT2D eigenvalue weighted by Crippen LogP contribution is -2.13. The summed E-state index contributed by atoms with van der Waals surface area (Å²) in [7, 11) is 0. The van der Waals surface area contributed by atoms with Gasteiger partial charge >= 0.3 is 5.97 Å². The maximum Gasteiger partial charge on any atom is 0.356 e. The second-order valence-electron chi connectivity index (χ2n) is 3.07. The van der Waals surface area contributed by atoms with E-state index in [1.807, 2.05) is 0 Å². The van der Waals surface area contributed by atoms with Crippen molar-refractivity contribution in [2.75, 3.05) is 6.61 Å². The Morgan fingerprint density at radius 2 is 2.29 bits per heavy atom. The van der Waals surface area contributed by atoms with Crippen LogP contribution in [0.2, 0.25) is 5.02 Å². The molecule has 0 saturated heterocycles. The van der Waals surface area contributed by atoms with Gasteiger partial charge in [-0.15, -0.1) is 0 Å². The van der Waals surface area contributed by atoms with Gasteiger partial charge in [-0.1, -0.05) is 11.6 Å². The Balaban J connectivity index is 3.22. The fourth-order valence-corrected chi connectivity index (χ4v) is 1.56. The highest BCUT2D eigenvalue weighted by Gasteiger charge is 2.21. The Labute approximate surface area is 102 Å². The number of halogens is 3. The Hall–Kier alpha value is -1.27. The van der Waals surface area contributed by atoms with Crippen LogP contribution < -0.4 is 5.73 Å². The summed E-state index contributed by atoms with van der Waals surface area (Å²) in [5, 5.41) is -0.237. The molecule has 0 radical (unpaired) electrons. The molecule has 0 unspecified atom stereocenters. The SMILES string of the molecule is CCOC(=O)c1cc(Cl)c(C(F)F)c(CN)n1. The van der Waals surface area contributed by atoms with Crippen LogP contribution in [0.3, 0.4) is 0 Å². The van der Waals surface area contributed by atoms with Crippen LogP contribution in [0, 0.1) is 0 Å². The van der Waals surface area contributed by atoms with Crippen molar-refractivity contribution in [3.05, 3.63) is 28.0 Å². The summed E-state index contributed by atoms with van der Waals surface area (Å²) >= 11 is 5.67. The van der Waals surface area contributed by atoms with Crippen molar-refractivity contribution in [2.24, 2.45) is 5.73 Å². The lowest BCUT2D eigenvalue weighted by Gasteiger charge is -2.10. The Bertz CT molecular complexity index is 427. The van der Waals surface area contributed by atoms with Crippen molar-refractivity contribution in [3.8, 4) is 0 Å². The van der Waals surface area contributed by atoms with Crippen molar-refractivity contribution >= 4 is 17.6 Å². The van der Waals surface area contributed by atoms with Gasteiger partial charge in [-0.2, -0.15) is 0 Å². The Kier molecular flexibility index (Phi) is 4.77. The zero-order valence-electron chi connectivity index (χ0n) is 9.04. The molecule has 0 fully saturated rings. The van der Waals surface area contributed by atoms with Crippen molar-refractivity contribution in [2.45, 2.75) is 19.9 Å². The van der Waals surface area contributed by atoms with E-state index in [9.17, 15) is 13.6 Å². The molecule has 1 rings (SSSR count). The standard InChI is InChI=1S/C10H11ClF2N2O2/c1-2-17-10(16)6-3-5(11)8(9(12)13)7(4-14)15-6/h3,9H,2,4,14H2,1H3. The largest absolute Gasteiger partial charge is 0.461 e. The first-order valence-corrected chi connectivity index (χ1v) is 5.23. The molecule has 94 valence electrons. The minimum atomic E-state index is -2.79. The first-order chi connectivity index (χ1) is 8.01. The predicted octanol–water partition coefficient (Wildman–Crippen LogP) is 2.31. The smallest absolute Gasteiger partial charge is 0.356 e. The van der Waals surface area contributed by atoms with Crippen LogP contribution >= 0.6 is 11.6 Å². The minimum absolute atomic E-state index is 0.101. The molecule has 0 bridgehead atoms. The second kappa shape index (κ2) is 5.88. The number of nitrogens with two attached hydrogens (primary N) is 1. The van der Waals surface area contributed by atoms with Crippen molar-refractivity contribution in [1.82, 2.24) is 4.98 Å². The first kappa shape index (κ1) is 13.8.